The molecule has 28 heavy (non-hydrogen) atoms. The van der Waals surface area contributed by atoms with E-state index in [1.54, 1.807) is 18.2 Å². The Kier molecular flexibility index (Phi) is 5.82. The van der Waals surface area contributed by atoms with Crippen LogP contribution in [-0.2, 0) is 11.0 Å². The third kappa shape index (κ3) is 4.40. The average Bonchev–Trinajstić information content (AvgIpc) is 2.60. The van der Waals surface area contributed by atoms with Crippen LogP contribution in [0.15, 0.2) is 42.5 Å². The standard InChI is InChI=1S/C21H22F3NO3/c1-2-3-9-28-19-8-7-16(21(22,23)24)11-18(19)14-5-4-6-17(10-14)25-12-15(13-25)20(26)27/h4-8,10-11,15H,2-3,9,12-13H2,1H3,(H,26,27). The Balaban J connectivity index is 1.92. The van der Waals surface area contributed by atoms with Gasteiger partial charge in [-0.25, -0.2) is 0 Å². The van der Waals surface area contributed by atoms with Gasteiger partial charge in [-0.05, 0) is 42.3 Å². The number of halogens is 3. The van der Waals surface area contributed by atoms with Crippen molar-refractivity contribution in [3.63, 3.8) is 0 Å². The van der Waals surface area contributed by atoms with E-state index in [1.807, 2.05) is 17.9 Å². The van der Waals surface area contributed by atoms with E-state index in [2.05, 4.69) is 0 Å². The van der Waals surface area contributed by atoms with Gasteiger partial charge in [-0.1, -0.05) is 25.5 Å². The van der Waals surface area contributed by atoms with Crippen LogP contribution in [0.4, 0.5) is 18.9 Å². The molecule has 1 heterocycles. The first-order valence-corrected chi connectivity index (χ1v) is 9.22. The molecule has 0 bridgehead atoms. The molecule has 0 saturated carbocycles. The fourth-order valence-corrected chi connectivity index (χ4v) is 3.10. The van der Waals surface area contributed by atoms with Gasteiger partial charge in [0.2, 0.25) is 0 Å². The molecule has 0 aromatic heterocycles. The molecule has 0 amide bonds. The topological polar surface area (TPSA) is 49.8 Å². The Morgan fingerprint density at radius 3 is 2.61 bits per heavy atom. The first-order valence-electron chi connectivity index (χ1n) is 9.22. The summed E-state index contributed by atoms with van der Waals surface area (Å²) in [5.74, 6) is -0.840. The van der Waals surface area contributed by atoms with Gasteiger partial charge in [0.05, 0.1) is 18.1 Å². The van der Waals surface area contributed by atoms with E-state index in [4.69, 9.17) is 9.84 Å². The van der Waals surface area contributed by atoms with Crippen LogP contribution in [0.5, 0.6) is 5.75 Å². The molecule has 1 aliphatic heterocycles. The number of unbranched alkanes of at least 4 members (excludes halogenated alkanes) is 1. The molecule has 1 fully saturated rings. The highest BCUT2D eigenvalue weighted by Crippen LogP contribution is 2.39. The number of hydrogen-bond donors (Lipinski definition) is 1. The van der Waals surface area contributed by atoms with Crippen molar-refractivity contribution in [2.75, 3.05) is 24.6 Å². The second-order valence-electron chi connectivity index (χ2n) is 6.90. The van der Waals surface area contributed by atoms with Crippen LogP contribution in [0.25, 0.3) is 11.1 Å². The predicted octanol–water partition coefficient (Wildman–Crippen LogP) is 5.07. The zero-order valence-corrected chi connectivity index (χ0v) is 15.5. The van der Waals surface area contributed by atoms with E-state index >= 15 is 0 Å². The van der Waals surface area contributed by atoms with Crippen molar-refractivity contribution in [1.82, 2.24) is 0 Å². The molecule has 0 atom stereocenters. The van der Waals surface area contributed by atoms with Crippen molar-refractivity contribution in [2.45, 2.75) is 25.9 Å². The van der Waals surface area contributed by atoms with Crippen LogP contribution in [0.2, 0.25) is 0 Å². The van der Waals surface area contributed by atoms with Crippen molar-refractivity contribution >= 4 is 11.7 Å². The molecule has 3 rings (SSSR count). The highest BCUT2D eigenvalue weighted by molar-refractivity contribution is 5.77. The number of hydrogen-bond acceptors (Lipinski definition) is 3. The maximum absolute atomic E-state index is 13.2. The SMILES string of the molecule is CCCCOc1ccc(C(F)(F)F)cc1-c1cccc(N2CC(C(=O)O)C2)c1. The van der Waals surface area contributed by atoms with E-state index in [9.17, 15) is 18.0 Å². The van der Waals surface area contributed by atoms with Crippen molar-refractivity contribution in [2.24, 2.45) is 5.92 Å². The minimum Gasteiger partial charge on any atom is -0.493 e. The number of alkyl halides is 3. The molecule has 2 aromatic rings. The van der Waals surface area contributed by atoms with E-state index < -0.39 is 23.6 Å². The fourth-order valence-electron chi connectivity index (χ4n) is 3.10. The highest BCUT2D eigenvalue weighted by atomic mass is 19.4. The third-order valence-corrected chi connectivity index (χ3v) is 4.82. The molecule has 1 N–H and O–H groups in total. The number of carboxylic acid groups (broad SMARTS) is 1. The van der Waals surface area contributed by atoms with Crippen molar-refractivity contribution in [3.8, 4) is 16.9 Å². The number of carbonyl (C=O) groups is 1. The molecule has 1 saturated heterocycles. The van der Waals surface area contributed by atoms with Crippen LogP contribution in [0, 0.1) is 5.92 Å². The molecular weight excluding hydrogens is 371 g/mol. The quantitative estimate of drug-likeness (QED) is 0.667. The number of rotatable bonds is 7. The van der Waals surface area contributed by atoms with Gasteiger partial charge in [0.15, 0.2) is 0 Å². The molecule has 150 valence electrons. The summed E-state index contributed by atoms with van der Waals surface area (Å²) in [4.78, 5) is 12.9. The minimum absolute atomic E-state index is 0.378. The second kappa shape index (κ2) is 8.12. The Morgan fingerprint density at radius 2 is 1.96 bits per heavy atom. The Bertz CT molecular complexity index is 845. The van der Waals surface area contributed by atoms with Gasteiger partial charge in [0.25, 0.3) is 0 Å². The normalized spacial score (nSPS) is 14.6. The molecule has 0 spiro atoms. The monoisotopic (exact) mass is 393 g/mol. The molecule has 1 aliphatic rings. The average molecular weight is 393 g/mol. The lowest BCUT2D eigenvalue weighted by Crippen LogP contribution is -2.50. The molecule has 2 aromatic carbocycles. The highest BCUT2D eigenvalue weighted by Gasteiger charge is 2.33. The van der Waals surface area contributed by atoms with E-state index in [0.717, 1.165) is 30.7 Å². The second-order valence-corrected chi connectivity index (χ2v) is 6.90. The smallest absolute Gasteiger partial charge is 0.416 e. The summed E-state index contributed by atoms with van der Waals surface area (Å²) < 4.78 is 45.4. The van der Waals surface area contributed by atoms with E-state index in [1.165, 1.54) is 6.07 Å². The van der Waals surface area contributed by atoms with Crippen molar-refractivity contribution < 1.29 is 27.8 Å². The molecular formula is C21H22F3NO3. The van der Waals surface area contributed by atoms with Crippen LogP contribution >= 0.6 is 0 Å². The zero-order chi connectivity index (χ0) is 20.3. The van der Waals surface area contributed by atoms with Crippen LogP contribution < -0.4 is 9.64 Å². The van der Waals surface area contributed by atoms with Gasteiger partial charge in [0.1, 0.15) is 5.75 Å². The number of carboxylic acids is 1. The molecule has 0 radical (unpaired) electrons. The van der Waals surface area contributed by atoms with Gasteiger partial charge in [-0.2, -0.15) is 13.2 Å². The number of aliphatic carboxylic acids is 1. The van der Waals surface area contributed by atoms with E-state index in [0.29, 0.717) is 36.6 Å². The van der Waals surface area contributed by atoms with Gasteiger partial charge < -0.3 is 14.7 Å². The lowest BCUT2D eigenvalue weighted by molar-refractivity contribution is -0.142. The van der Waals surface area contributed by atoms with Crippen LogP contribution in [0.3, 0.4) is 0 Å². The summed E-state index contributed by atoms with van der Waals surface area (Å²) in [5, 5.41) is 9.03. The Hall–Kier alpha value is -2.70. The lowest BCUT2D eigenvalue weighted by Gasteiger charge is -2.38. The summed E-state index contributed by atoms with van der Waals surface area (Å²) in [6.07, 6.45) is -2.71. The first kappa shape index (κ1) is 20.0. The summed E-state index contributed by atoms with van der Waals surface area (Å²) in [5.41, 5.74) is 1.04. The Labute approximate surface area is 161 Å². The largest absolute Gasteiger partial charge is 0.493 e. The number of nitrogens with zero attached hydrogens (tertiary/aromatic N) is 1. The Morgan fingerprint density at radius 1 is 1.21 bits per heavy atom. The maximum Gasteiger partial charge on any atom is 0.416 e. The van der Waals surface area contributed by atoms with Gasteiger partial charge in [0, 0.05) is 24.3 Å². The summed E-state index contributed by atoms with van der Waals surface area (Å²) in [6.45, 7) is 3.22. The zero-order valence-electron chi connectivity index (χ0n) is 15.5. The molecule has 7 heteroatoms. The van der Waals surface area contributed by atoms with Crippen LogP contribution in [-0.4, -0.2) is 30.8 Å². The summed E-state index contributed by atoms with van der Waals surface area (Å²) >= 11 is 0. The van der Waals surface area contributed by atoms with Crippen molar-refractivity contribution in [3.05, 3.63) is 48.0 Å². The van der Waals surface area contributed by atoms with Gasteiger partial charge in [-0.15, -0.1) is 0 Å². The fraction of sp³-hybridized carbons (Fsp3) is 0.381. The van der Waals surface area contributed by atoms with Gasteiger partial charge >= 0.3 is 12.1 Å². The summed E-state index contributed by atoms with van der Waals surface area (Å²) in [6, 6.07) is 10.6. The molecule has 0 unspecified atom stereocenters. The molecule has 0 aliphatic carbocycles. The number of ether oxygens (including phenoxy) is 1. The number of anilines is 1. The van der Waals surface area contributed by atoms with E-state index in [-0.39, 0.29) is 0 Å². The summed E-state index contributed by atoms with van der Waals surface area (Å²) in [7, 11) is 0. The lowest BCUT2D eigenvalue weighted by atomic mass is 9.97. The third-order valence-electron chi connectivity index (χ3n) is 4.82. The van der Waals surface area contributed by atoms with Gasteiger partial charge in [-0.3, -0.25) is 4.79 Å². The van der Waals surface area contributed by atoms with Crippen molar-refractivity contribution in [1.29, 1.82) is 0 Å². The minimum atomic E-state index is -4.44. The van der Waals surface area contributed by atoms with Crippen LogP contribution in [0.1, 0.15) is 25.3 Å². The first-order chi connectivity index (χ1) is 13.3. The predicted molar refractivity (Wildman–Crippen MR) is 101 cm³/mol. The maximum atomic E-state index is 13.2. The molecule has 4 nitrogen and oxygen atoms in total. The number of benzene rings is 2.